The number of fused-ring (bicyclic) bond motifs is 2. The maximum atomic E-state index is 15.0. The van der Waals surface area contributed by atoms with E-state index in [9.17, 15) is 13.6 Å². The predicted octanol–water partition coefficient (Wildman–Crippen LogP) is 4.84. The van der Waals surface area contributed by atoms with Crippen molar-refractivity contribution in [2.24, 2.45) is 0 Å². The molecule has 0 radical (unpaired) electrons. The van der Waals surface area contributed by atoms with Crippen LogP contribution in [-0.4, -0.2) is 43.1 Å². The van der Waals surface area contributed by atoms with Crippen LogP contribution in [0.2, 0.25) is 0 Å². The van der Waals surface area contributed by atoms with Crippen molar-refractivity contribution in [2.75, 3.05) is 17.6 Å². The van der Waals surface area contributed by atoms with E-state index >= 15 is 0 Å². The van der Waals surface area contributed by atoms with Crippen LogP contribution < -0.4 is 11.1 Å². The summed E-state index contributed by atoms with van der Waals surface area (Å²) in [5, 5.41) is 8.84. The number of nitrogen functional groups attached to an aromatic ring is 1. The maximum absolute atomic E-state index is 15.0. The SMILES string of the molecule is Cc1ncc(-c2cc3cc(Nc4cc5n(n4)CC(=O)N(C(C)C)C[C@H]5F)ncc3cc2F)c(C)c1N. The van der Waals surface area contributed by atoms with Crippen molar-refractivity contribution in [2.45, 2.75) is 46.5 Å². The van der Waals surface area contributed by atoms with Gasteiger partial charge in [-0.2, -0.15) is 5.10 Å². The lowest BCUT2D eigenvalue weighted by atomic mass is 9.98. The number of amides is 1. The zero-order valence-corrected chi connectivity index (χ0v) is 20.5. The fraction of sp³-hybridized carbons (Fsp3) is 0.308. The van der Waals surface area contributed by atoms with Gasteiger partial charge in [-0.1, -0.05) is 0 Å². The number of halogens is 2. The molecule has 0 fully saturated rings. The van der Waals surface area contributed by atoms with Crippen molar-refractivity contribution in [3.8, 4) is 11.1 Å². The lowest BCUT2D eigenvalue weighted by Crippen LogP contribution is -2.39. The Hall–Kier alpha value is -4.08. The number of nitrogens with one attached hydrogen (secondary N) is 1. The molecule has 1 atom stereocenters. The normalized spacial score (nSPS) is 15.9. The van der Waals surface area contributed by atoms with Gasteiger partial charge in [0.1, 0.15) is 18.2 Å². The summed E-state index contributed by atoms with van der Waals surface area (Å²) in [5.41, 5.74) is 9.45. The van der Waals surface area contributed by atoms with E-state index in [-0.39, 0.29) is 25.0 Å². The molecule has 0 aliphatic carbocycles. The summed E-state index contributed by atoms with van der Waals surface area (Å²) in [6, 6.07) is 6.42. The van der Waals surface area contributed by atoms with Gasteiger partial charge in [-0.05, 0) is 56.8 Å². The summed E-state index contributed by atoms with van der Waals surface area (Å²) in [4.78, 5) is 22.7. The summed E-state index contributed by atoms with van der Waals surface area (Å²) in [7, 11) is 0. The highest BCUT2D eigenvalue weighted by molar-refractivity contribution is 5.90. The molecule has 10 heteroatoms. The molecular weight excluding hydrogens is 464 g/mol. The number of nitrogens with zero attached hydrogens (tertiary/aromatic N) is 5. The van der Waals surface area contributed by atoms with Gasteiger partial charge in [-0.25, -0.2) is 13.8 Å². The summed E-state index contributed by atoms with van der Waals surface area (Å²) in [6.45, 7) is 7.33. The molecule has 3 aromatic heterocycles. The van der Waals surface area contributed by atoms with E-state index in [0.29, 0.717) is 45.2 Å². The third kappa shape index (κ3) is 4.12. The largest absolute Gasteiger partial charge is 0.397 e. The average molecular weight is 492 g/mol. The van der Waals surface area contributed by atoms with Crippen molar-refractivity contribution < 1.29 is 13.6 Å². The summed E-state index contributed by atoms with van der Waals surface area (Å²) >= 11 is 0. The summed E-state index contributed by atoms with van der Waals surface area (Å²) < 4.78 is 31.3. The Bertz CT molecular complexity index is 1500. The lowest BCUT2D eigenvalue weighted by molar-refractivity contribution is -0.133. The van der Waals surface area contributed by atoms with Gasteiger partial charge < -0.3 is 16.0 Å². The highest BCUT2D eigenvalue weighted by Crippen LogP contribution is 2.33. The monoisotopic (exact) mass is 491 g/mol. The van der Waals surface area contributed by atoms with Crippen LogP contribution in [-0.2, 0) is 11.3 Å². The van der Waals surface area contributed by atoms with E-state index in [2.05, 4.69) is 20.4 Å². The van der Waals surface area contributed by atoms with Gasteiger partial charge in [0.05, 0.1) is 23.6 Å². The Morgan fingerprint density at radius 2 is 1.83 bits per heavy atom. The van der Waals surface area contributed by atoms with Gasteiger partial charge in [0.2, 0.25) is 5.91 Å². The van der Waals surface area contributed by atoms with E-state index < -0.39 is 12.0 Å². The number of aromatic nitrogens is 4. The van der Waals surface area contributed by atoms with Crippen molar-refractivity contribution in [1.82, 2.24) is 24.6 Å². The highest BCUT2D eigenvalue weighted by Gasteiger charge is 2.30. The Morgan fingerprint density at radius 3 is 2.58 bits per heavy atom. The van der Waals surface area contributed by atoms with Crippen LogP contribution >= 0.6 is 0 Å². The second-order valence-corrected chi connectivity index (χ2v) is 9.39. The third-order valence-electron chi connectivity index (χ3n) is 6.66. The molecule has 1 aromatic carbocycles. The van der Waals surface area contributed by atoms with Crippen LogP contribution in [0.15, 0.2) is 36.7 Å². The minimum absolute atomic E-state index is 0.0119. The molecule has 0 saturated heterocycles. The van der Waals surface area contributed by atoms with Crippen LogP contribution in [0.25, 0.3) is 21.9 Å². The predicted molar refractivity (Wildman–Crippen MR) is 135 cm³/mol. The molecule has 0 bridgehead atoms. The molecule has 4 aromatic rings. The number of aryl methyl sites for hydroxylation is 1. The second-order valence-electron chi connectivity index (χ2n) is 9.39. The number of hydrogen-bond acceptors (Lipinski definition) is 6. The van der Waals surface area contributed by atoms with Gasteiger partial charge in [-0.3, -0.25) is 14.5 Å². The minimum atomic E-state index is -1.35. The molecule has 8 nitrogen and oxygen atoms in total. The molecule has 1 amide bonds. The Balaban J connectivity index is 1.47. The molecule has 0 unspecified atom stereocenters. The number of pyridine rings is 2. The zero-order valence-electron chi connectivity index (χ0n) is 20.5. The molecule has 4 heterocycles. The molecule has 186 valence electrons. The molecule has 0 spiro atoms. The van der Waals surface area contributed by atoms with Crippen LogP contribution in [0.4, 0.5) is 26.1 Å². The molecule has 0 saturated carbocycles. The standard InChI is InChI=1S/C26H27F2N7O/c1-13(2)34-11-21(28)22-8-24(33-35(22)12-25(34)36)32-23-7-16-5-18(20(27)6-17(16)9-31-23)19-10-30-15(4)26(29)14(19)3/h5-10,13,21H,11-12,29H2,1-4H3,(H,31,32,33)/t21-/m1/s1. The number of hydrogen-bond donors (Lipinski definition) is 2. The average Bonchev–Trinajstić information content (AvgIpc) is 3.17. The zero-order chi connectivity index (χ0) is 25.7. The second kappa shape index (κ2) is 8.85. The first-order chi connectivity index (χ1) is 17.1. The van der Waals surface area contributed by atoms with E-state index in [4.69, 9.17) is 5.73 Å². The van der Waals surface area contributed by atoms with E-state index in [1.807, 2.05) is 27.7 Å². The number of carbonyl (C=O) groups is 1. The smallest absolute Gasteiger partial charge is 0.244 e. The van der Waals surface area contributed by atoms with Gasteiger partial charge in [0.15, 0.2) is 12.0 Å². The number of alkyl halides is 1. The Kier molecular flexibility index (Phi) is 5.82. The molecule has 1 aliphatic heterocycles. The number of rotatable bonds is 4. The first kappa shape index (κ1) is 23.7. The first-order valence-electron chi connectivity index (χ1n) is 11.7. The number of benzene rings is 1. The molecule has 1 aliphatic rings. The third-order valence-corrected chi connectivity index (χ3v) is 6.66. The van der Waals surface area contributed by atoms with Crippen LogP contribution in [0.3, 0.4) is 0 Å². The molecule has 5 rings (SSSR count). The van der Waals surface area contributed by atoms with Gasteiger partial charge >= 0.3 is 0 Å². The number of nitrogens with two attached hydrogens (primary N) is 1. The maximum Gasteiger partial charge on any atom is 0.244 e. The number of carbonyl (C=O) groups excluding carboxylic acids is 1. The van der Waals surface area contributed by atoms with E-state index in [1.54, 1.807) is 30.6 Å². The van der Waals surface area contributed by atoms with Crippen LogP contribution in [0, 0.1) is 19.7 Å². The Morgan fingerprint density at radius 1 is 1.06 bits per heavy atom. The van der Waals surface area contributed by atoms with E-state index in [0.717, 1.165) is 10.9 Å². The van der Waals surface area contributed by atoms with Gasteiger partial charge in [-0.15, -0.1) is 0 Å². The Labute approximate surface area is 207 Å². The van der Waals surface area contributed by atoms with Crippen molar-refractivity contribution in [3.05, 3.63) is 59.4 Å². The quantitative estimate of drug-likeness (QED) is 0.424. The summed E-state index contributed by atoms with van der Waals surface area (Å²) in [6.07, 6.45) is 1.83. The van der Waals surface area contributed by atoms with Crippen molar-refractivity contribution in [3.63, 3.8) is 0 Å². The van der Waals surface area contributed by atoms with Crippen molar-refractivity contribution in [1.29, 1.82) is 0 Å². The fourth-order valence-corrected chi connectivity index (χ4v) is 4.54. The van der Waals surface area contributed by atoms with Gasteiger partial charge in [0.25, 0.3) is 0 Å². The molecular formula is C26H27F2N7O. The van der Waals surface area contributed by atoms with Crippen molar-refractivity contribution >= 4 is 34.0 Å². The van der Waals surface area contributed by atoms with Gasteiger partial charge in [0, 0.05) is 41.0 Å². The van der Waals surface area contributed by atoms with E-state index in [1.165, 1.54) is 15.6 Å². The number of anilines is 3. The topological polar surface area (TPSA) is 102 Å². The highest BCUT2D eigenvalue weighted by atomic mass is 19.1. The van der Waals surface area contributed by atoms with Crippen LogP contribution in [0.5, 0.6) is 0 Å². The lowest BCUT2D eigenvalue weighted by Gasteiger charge is -2.25. The molecule has 3 N–H and O–H groups in total. The first-order valence-corrected chi connectivity index (χ1v) is 11.7. The molecule has 36 heavy (non-hydrogen) atoms. The fourth-order valence-electron chi connectivity index (χ4n) is 4.54. The minimum Gasteiger partial charge on any atom is -0.397 e. The summed E-state index contributed by atoms with van der Waals surface area (Å²) in [5.74, 6) is 0.252. The van der Waals surface area contributed by atoms with Crippen LogP contribution in [0.1, 0.15) is 37.0 Å².